The second-order valence-electron chi connectivity index (χ2n) is 6.98. The molecule has 0 amide bonds. The zero-order valence-corrected chi connectivity index (χ0v) is 14.5. The van der Waals surface area contributed by atoms with E-state index in [0.717, 1.165) is 19.0 Å². The van der Waals surface area contributed by atoms with Crippen molar-refractivity contribution in [3.05, 3.63) is 35.4 Å². The summed E-state index contributed by atoms with van der Waals surface area (Å²) in [5, 5.41) is 3.55. The highest BCUT2D eigenvalue weighted by Crippen LogP contribution is 2.45. The molecule has 126 valence electrons. The van der Waals surface area contributed by atoms with Crippen LogP contribution in [0.1, 0.15) is 43.2 Å². The summed E-state index contributed by atoms with van der Waals surface area (Å²) in [7, 11) is 3.64. The molecule has 2 fully saturated rings. The summed E-state index contributed by atoms with van der Waals surface area (Å²) in [5.74, 6) is 1.04. The molecular weight excluding hydrogens is 286 g/mol. The second-order valence-corrected chi connectivity index (χ2v) is 6.98. The molecule has 1 aliphatic heterocycles. The van der Waals surface area contributed by atoms with Crippen molar-refractivity contribution in [1.29, 1.82) is 0 Å². The van der Waals surface area contributed by atoms with E-state index in [1.165, 1.54) is 49.8 Å². The largest absolute Gasteiger partial charge is 0.380 e. The maximum atomic E-state index is 5.30. The third-order valence-electron chi connectivity index (χ3n) is 5.47. The summed E-state index contributed by atoms with van der Waals surface area (Å²) >= 11 is 0. The Kier molecular flexibility index (Phi) is 5.21. The van der Waals surface area contributed by atoms with E-state index in [4.69, 9.17) is 4.74 Å². The van der Waals surface area contributed by atoms with Crippen LogP contribution in [0, 0.1) is 5.41 Å². The second kappa shape index (κ2) is 7.35. The van der Waals surface area contributed by atoms with Crippen LogP contribution in [0.15, 0.2) is 29.3 Å². The Morgan fingerprint density at radius 2 is 1.96 bits per heavy atom. The van der Waals surface area contributed by atoms with E-state index in [1.54, 1.807) is 7.11 Å². The molecule has 0 atom stereocenters. The van der Waals surface area contributed by atoms with Crippen molar-refractivity contribution >= 4 is 5.96 Å². The number of hydrogen-bond acceptors (Lipinski definition) is 2. The smallest absolute Gasteiger partial charge is 0.193 e. The molecule has 1 N–H and O–H groups in total. The predicted molar refractivity (Wildman–Crippen MR) is 94.4 cm³/mol. The highest BCUT2D eigenvalue weighted by Gasteiger charge is 2.41. The average molecular weight is 315 g/mol. The molecule has 0 unspecified atom stereocenters. The Labute approximate surface area is 139 Å². The fourth-order valence-electron chi connectivity index (χ4n) is 4.18. The summed E-state index contributed by atoms with van der Waals surface area (Å²) in [5.41, 5.74) is 3.10. The molecule has 3 rings (SSSR count). The van der Waals surface area contributed by atoms with Crippen molar-refractivity contribution in [3.63, 3.8) is 0 Å². The molecule has 1 aromatic rings. The van der Waals surface area contributed by atoms with Gasteiger partial charge >= 0.3 is 0 Å². The summed E-state index contributed by atoms with van der Waals surface area (Å²) in [4.78, 5) is 6.96. The monoisotopic (exact) mass is 315 g/mol. The number of benzene rings is 1. The first kappa shape index (κ1) is 16.3. The molecule has 1 saturated heterocycles. The summed E-state index contributed by atoms with van der Waals surface area (Å²) in [6, 6.07) is 8.45. The minimum Gasteiger partial charge on any atom is -0.380 e. The fourth-order valence-corrected chi connectivity index (χ4v) is 4.18. The van der Waals surface area contributed by atoms with Gasteiger partial charge in [-0.2, -0.15) is 0 Å². The molecule has 0 aromatic heterocycles. The molecule has 1 aromatic carbocycles. The molecule has 1 saturated carbocycles. The lowest BCUT2D eigenvalue weighted by molar-refractivity contribution is 0.184. The lowest BCUT2D eigenvalue weighted by atomic mass is 9.86. The van der Waals surface area contributed by atoms with E-state index >= 15 is 0 Å². The van der Waals surface area contributed by atoms with Crippen molar-refractivity contribution in [2.75, 3.05) is 27.2 Å². The van der Waals surface area contributed by atoms with Crippen LogP contribution in [0.4, 0.5) is 0 Å². The first-order valence-electron chi connectivity index (χ1n) is 8.78. The molecule has 0 bridgehead atoms. The van der Waals surface area contributed by atoms with Gasteiger partial charge in [0.1, 0.15) is 0 Å². The van der Waals surface area contributed by atoms with Crippen LogP contribution >= 0.6 is 0 Å². The maximum Gasteiger partial charge on any atom is 0.193 e. The van der Waals surface area contributed by atoms with Crippen LogP contribution in [0.5, 0.6) is 0 Å². The molecule has 0 radical (unpaired) electrons. The molecular formula is C19H29N3O. The van der Waals surface area contributed by atoms with Gasteiger partial charge in [-0.1, -0.05) is 37.1 Å². The third kappa shape index (κ3) is 3.69. The molecule has 4 heteroatoms. The Hall–Kier alpha value is -1.55. The van der Waals surface area contributed by atoms with E-state index in [2.05, 4.69) is 39.5 Å². The minimum atomic E-state index is 0.575. The van der Waals surface area contributed by atoms with Crippen LogP contribution in [-0.4, -0.2) is 38.1 Å². The van der Waals surface area contributed by atoms with Crippen molar-refractivity contribution in [1.82, 2.24) is 10.2 Å². The first-order chi connectivity index (χ1) is 11.3. The topological polar surface area (TPSA) is 36.9 Å². The average Bonchev–Trinajstić information content (AvgIpc) is 3.20. The van der Waals surface area contributed by atoms with Gasteiger partial charge in [-0.15, -0.1) is 0 Å². The number of hydrogen-bond donors (Lipinski definition) is 1. The molecule has 1 heterocycles. The SMILES string of the molecule is CN=C(NCc1ccccc1COC)N1CCC2(CCCC2)C1. The Morgan fingerprint density at radius 3 is 2.65 bits per heavy atom. The van der Waals surface area contributed by atoms with E-state index in [-0.39, 0.29) is 0 Å². The Morgan fingerprint density at radius 1 is 1.22 bits per heavy atom. The van der Waals surface area contributed by atoms with Crippen molar-refractivity contribution in [3.8, 4) is 0 Å². The van der Waals surface area contributed by atoms with Crippen LogP contribution in [0.25, 0.3) is 0 Å². The normalized spacial score (nSPS) is 20.4. The number of guanidine groups is 1. The third-order valence-corrected chi connectivity index (χ3v) is 5.47. The zero-order valence-electron chi connectivity index (χ0n) is 14.5. The zero-order chi connectivity index (χ0) is 16.1. The molecule has 1 spiro atoms. The molecule has 4 nitrogen and oxygen atoms in total. The summed E-state index contributed by atoms with van der Waals surface area (Å²) in [6.45, 7) is 3.77. The highest BCUT2D eigenvalue weighted by atomic mass is 16.5. The van der Waals surface area contributed by atoms with Gasteiger partial charge in [0.25, 0.3) is 0 Å². The molecule has 2 aliphatic rings. The van der Waals surface area contributed by atoms with Gasteiger partial charge in [0, 0.05) is 33.8 Å². The van der Waals surface area contributed by atoms with E-state index in [1.807, 2.05) is 7.05 Å². The number of nitrogens with one attached hydrogen (secondary N) is 1. The Bertz CT molecular complexity index is 549. The van der Waals surface area contributed by atoms with Gasteiger partial charge in [0.15, 0.2) is 5.96 Å². The van der Waals surface area contributed by atoms with Crippen LogP contribution in [0.2, 0.25) is 0 Å². The lowest BCUT2D eigenvalue weighted by Gasteiger charge is -2.26. The number of ether oxygens (including phenoxy) is 1. The van der Waals surface area contributed by atoms with E-state index in [9.17, 15) is 0 Å². The maximum absolute atomic E-state index is 5.30. The van der Waals surface area contributed by atoms with Crippen LogP contribution in [0.3, 0.4) is 0 Å². The highest BCUT2D eigenvalue weighted by molar-refractivity contribution is 5.80. The number of methoxy groups -OCH3 is 1. The van der Waals surface area contributed by atoms with E-state index < -0.39 is 0 Å². The fraction of sp³-hybridized carbons (Fsp3) is 0.632. The van der Waals surface area contributed by atoms with Crippen molar-refractivity contribution in [2.24, 2.45) is 10.4 Å². The lowest BCUT2D eigenvalue weighted by Crippen LogP contribution is -2.40. The molecule has 23 heavy (non-hydrogen) atoms. The van der Waals surface area contributed by atoms with Gasteiger partial charge in [-0.3, -0.25) is 4.99 Å². The number of rotatable bonds is 4. The van der Waals surface area contributed by atoms with Gasteiger partial charge in [0.2, 0.25) is 0 Å². The molecule has 1 aliphatic carbocycles. The van der Waals surface area contributed by atoms with Crippen LogP contribution < -0.4 is 5.32 Å². The summed E-state index contributed by atoms with van der Waals surface area (Å²) in [6.07, 6.45) is 6.94. The van der Waals surface area contributed by atoms with Crippen molar-refractivity contribution in [2.45, 2.75) is 45.3 Å². The number of likely N-dealkylation sites (tertiary alicyclic amines) is 1. The summed E-state index contributed by atoms with van der Waals surface area (Å²) < 4.78 is 5.30. The van der Waals surface area contributed by atoms with Gasteiger partial charge in [-0.05, 0) is 35.8 Å². The Balaban J connectivity index is 1.61. The van der Waals surface area contributed by atoms with Crippen LogP contribution in [-0.2, 0) is 17.9 Å². The van der Waals surface area contributed by atoms with Gasteiger partial charge in [-0.25, -0.2) is 0 Å². The van der Waals surface area contributed by atoms with Crippen molar-refractivity contribution < 1.29 is 4.74 Å². The predicted octanol–water partition coefficient (Wildman–Crippen LogP) is 3.17. The van der Waals surface area contributed by atoms with Gasteiger partial charge < -0.3 is 15.0 Å². The van der Waals surface area contributed by atoms with E-state index in [0.29, 0.717) is 12.0 Å². The standard InChI is InChI=1S/C19H29N3O/c1-20-18(22-12-11-19(15-22)9-5-6-10-19)21-13-16-7-3-4-8-17(16)14-23-2/h3-4,7-8H,5-6,9-15H2,1-2H3,(H,20,21). The number of nitrogens with zero attached hydrogens (tertiary/aromatic N) is 2. The number of aliphatic imine (C=N–C) groups is 1. The quantitative estimate of drug-likeness (QED) is 0.685. The van der Waals surface area contributed by atoms with Gasteiger partial charge in [0.05, 0.1) is 6.61 Å². The first-order valence-corrected chi connectivity index (χ1v) is 8.78. The minimum absolute atomic E-state index is 0.575.